The Kier molecular flexibility index (Phi) is 4.07. The number of carbonyl (C=O) groups is 1. The fourth-order valence-electron chi connectivity index (χ4n) is 2.93. The van der Waals surface area contributed by atoms with Crippen molar-refractivity contribution in [2.24, 2.45) is 20.0 Å². The van der Waals surface area contributed by atoms with Crippen LogP contribution in [0.3, 0.4) is 0 Å². The summed E-state index contributed by atoms with van der Waals surface area (Å²) < 4.78 is 2.96. The summed E-state index contributed by atoms with van der Waals surface area (Å²) in [7, 11) is 3.42. The van der Waals surface area contributed by atoms with Crippen LogP contribution in [0.15, 0.2) is 4.79 Å². The third-order valence-electron chi connectivity index (χ3n) is 3.96. The molecule has 0 unspecified atom stereocenters. The normalized spacial score (nSPS) is 23.3. The van der Waals surface area contributed by atoms with Crippen molar-refractivity contribution in [3.8, 4) is 0 Å². The Labute approximate surface area is 112 Å². The van der Waals surface area contributed by atoms with Crippen molar-refractivity contribution in [2.45, 2.75) is 45.1 Å². The van der Waals surface area contributed by atoms with E-state index in [4.69, 9.17) is 0 Å². The van der Waals surface area contributed by atoms with Crippen LogP contribution in [-0.2, 0) is 25.3 Å². The molecule has 1 aromatic heterocycles. The number of hydrogen-bond acceptors (Lipinski definition) is 3. The van der Waals surface area contributed by atoms with Crippen molar-refractivity contribution in [1.29, 1.82) is 0 Å². The first-order valence-electron chi connectivity index (χ1n) is 6.85. The van der Waals surface area contributed by atoms with E-state index in [2.05, 4.69) is 10.4 Å². The van der Waals surface area contributed by atoms with Crippen LogP contribution in [0.2, 0.25) is 0 Å². The van der Waals surface area contributed by atoms with Crippen molar-refractivity contribution >= 4 is 5.91 Å². The topological polar surface area (TPSA) is 68.9 Å². The van der Waals surface area contributed by atoms with Gasteiger partial charge >= 0.3 is 5.69 Å². The van der Waals surface area contributed by atoms with Crippen LogP contribution in [-0.4, -0.2) is 26.3 Å². The zero-order chi connectivity index (χ0) is 14.0. The van der Waals surface area contributed by atoms with Gasteiger partial charge in [0.25, 0.3) is 0 Å². The summed E-state index contributed by atoms with van der Waals surface area (Å²) in [5.74, 6) is 1.19. The smallest absolute Gasteiger partial charge is 0.345 e. The van der Waals surface area contributed by atoms with E-state index in [1.165, 1.54) is 11.1 Å². The first-order chi connectivity index (χ1) is 8.99. The molecule has 1 heterocycles. The van der Waals surface area contributed by atoms with E-state index in [0.717, 1.165) is 31.5 Å². The molecule has 0 aromatic carbocycles. The molecule has 0 spiro atoms. The lowest BCUT2D eigenvalue weighted by Crippen LogP contribution is -2.42. The summed E-state index contributed by atoms with van der Waals surface area (Å²) in [5.41, 5.74) is -0.0955. The molecule has 0 aliphatic heterocycles. The van der Waals surface area contributed by atoms with Crippen LogP contribution in [0.4, 0.5) is 0 Å². The second-order valence-corrected chi connectivity index (χ2v) is 5.44. The quantitative estimate of drug-likeness (QED) is 0.858. The summed E-state index contributed by atoms with van der Waals surface area (Å²) in [4.78, 5) is 22.9. The van der Waals surface area contributed by atoms with Gasteiger partial charge in [-0.2, -0.15) is 5.10 Å². The lowest BCUT2D eigenvalue weighted by molar-refractivity contribution is -0.120. The minimum atomic E-state index is -0.0955. The van der Waals surface area contributed by atoms with E-state index >= 15 is 0 Å². The van der Waals surface area contributed by atoms with Crippen molar-refractivity contribution in [1.82, 2.24) is 19.7 Å². The third kappa shape index (κ3) is 3.05. The van der Waals surface area contributed by atoms with Crippen molar-refractivity contribution in [3.05, 3.63) is 16.3 Å². The molecule has 1 fully saturated rings. The van der Waals surface area contributed by atoms with E-state index in [9.17, 15) is 9.59 Å². The van der Waals surface area contributed by atoms with Crippen LogP contribution in [0.1, 0.15) is 38.4 Å². The number of nitrogens with zero attached hydrogens (tertiary/aromatic N) is 3. The minimum absolute atomic E-state index is 0.0202. The van der Waals surface area contributed by atoms with Crippen molar-refractivity contribution in [2.75, 3.05) is 0 Å². The molecular formula is C13H22N4O2. The lowest BCUT2D eigenvalue weighted by atomic mass is 9.82. The van der Waals surface area contributed by atoms with Gasteiger partial charge in [0, 0.05) is 33.5 Å². The Bertz CT molecular complexity index is 517. The average Bonchev–Trinajstić information content (AvgIpc) is 2.59. The number of aromatic nitrogens is 3. The maximum atomic E-state index is 11.7. The van der Waals surface area contributed by atoms with Gasteiger partial charge < -0.3 is 5.32 Å². The minimum Gasteiger partial charge on any atom is -0.353 e. The zero-order valence-corrected chi connectivity index (χ0v) is 11.8. The number of amides is 1. The highest BCUT2D eigenvalue weighted by Gasteiger charge is 2.27. The van der Waals surface area contributed by atoms with Gasteiger partial charge in [0.05, 0.1) is 0 Å². The molecule has 1 aliphatic carbocycles. The summed E-state index contributed by atoms with van der Waals surface area (Å²) >= 11 is 0. The Morgan fingerprint density at radius 1 is 1.37 bits per heavy atom. The van der Waals surface area contributed by atoms with Gasteiger partial charge in [0.15, 0.2) is 0 Å². The largest absolute Gasteiger partial charge is 0.353 e. The van der Waals surface area contributed by atoms with Crippen molar-refractivity contribution in [3.63, 3.8) is 0 Å². The molecule has 6 heteroatoms. The summed E-state index contributed by atoms with van der Waals surface area (Å²) in [6.07, 6.45) is 5.18. The van der Waals surface area contributed by atoms with E-state index < -0.39 is 0 Å². The number of hydrogen-bond donors (Lipinski definition) is 1. The molecule has 19 heavy (non-hydrogen) atoms. The van der Waals surface area contributed by atoms with Gasteiger partial charge in [-0.3, -0.25) is 9.36 Å². The molecule has 1 amide bonds. The molecule has 1 N–H and O–H groups in total. The Balaban J connectivity index is 2.12. The van der Waals surface area contributed by atoms with E-state index in [1.54, 1.807) is 25.6 Å². The SMILES string of the molecule is CC(=O)N[C@@H]1CCCC[C@@H]1Cc1nn(C)c(=O)n1C. The molecule has 2 atom stereocenters. The van der Waals surface area contributed by atoms with Gasteiger partial charge in [-0.05, 0) is 18.8 Å². The maximum Gasteiger partial charge on any atom is 0.345 e. The highest BCUT2D eigenvalue weighted by atomic mass is 16.2. The number of aryl methyl sites for hydroxylation is 1. The molecule has 0 saturated heterocycles. The monoisotopic (exact) mass is 266 g/mol. The van der Waals surface area contributed by atoms with Gasteiger partial charge in [0.1, 0.15) is 5.82 Å². The maximum absolute atomic E-state index is 11.7. The highest BCUT2D eigenvalue weighted by molar-refractivity contribution is 5.73. The van der Waals surface area contributed by atoms with E-state index in [0.29, 0.717) is 5.92 Å². The van der Waals surface area contributed by atoms with Gasteiger partial charge in [-0.25, -0.2) is 9.48 Å². The Morgan fingerprint density at radius 2 is 2.05 bits per heavy atom. The summed E-state index contributed by atoms with van der Waals surface area (Å²) in [5, 5.41) is 7.30. The Morgan fingerprint density at radius 3 is 2.63 bits per heavy atom. The van der Waals surface area contributed by atoms with Crippen molar-refractivity contribution < 1.29 is 4.79 Å². The third-order valence-corrected chi connectivity index (χ3v) is 3.96. The van der Waals surface area contributed by atoms with Gasteiger partial charge in [0.2, 0.25) is 5.91 Å². The molecule has 2 rings (SSSR count). The van der Waals surface area contributed by atoms with E-state index in [-0.39, 0.29) is 17.6 Å². The second kappa shape index (κ2) is 5.59. The number of nitrogens with one attached hydrogen (secondary N) is 1. The zero-order valence-electron chi connectivity index (χ0n) is 11.8. The second-order valence-electron chi connectivity index (χ2n) is 5.44. The molecule has 0 bridgehead atoms. The van der Waals surface area contributed by atoms with Crippen LogP contribution in [0, 0.1) is 5.92 Å². The van der Waals surface area contributed by atoms with Gasteiger partial charge in [-0.1, -0.05) is 12.8 Å². The molecule has 6 nitrogen and oxygen atoms in total. The molecule has 1 saturated carbocycles. The summed E-state index contributed by atoms with van der Waals surface area (Å²) in [6.45, 7) is 1.56. The molecule has 0 radical (unpaired) electrons. The van der Waals surface area contributed by atoms with Crippen LogP contribution < -0.4 is 11.0 Å². The predicted octanol–water partition coefficient (Wildman–Crippen LogP) is 0.356. The number of carbonyl (C=O) groups excluding carboxylic acids is 1. The first kappa shape index (κ1) is 13.8. The van der Waals surface area contributed by atoms with E-state index in [1.807, 2.05) is 0 Å². The fraction of sp³-hybridized carbons (Fsp3) is 0.769. The molecule has 1 aromatic rings. The van der Waals surface area contributed by atoms with Crippen LogP contribution >= 0.6 is 0 Å². The average molecular weight is 266 g/mol. The van der Waals surface area contributed by atoms with Crippen LogP contribution in [0.5, 0.6) is 0 Å². The standard InChI is InChI=1S/C13H22N4O2/c1-9(18)14-11-7-5-4-6-10(11)8-12-15-17(3)13(19)16(12)2/h10-11H,4-8H2,1-3H3,(H,14,18)/t10-,11-/m1/s1. The molecule has 106 valence electrons. The lowest BCUT2D eigenvalue weighted by Gasteiger charge is -2.31. The number of rotatable bonds is 3. The highest BCUT2D eigenvalue weighted by Crippen LogP contribution is 2.26. The molecule has 1 aliphatic rings. The molecular weight excluding hydrogens is 244 g/mol. The summed E-state index contributed by atoms with van der Waals surface area (Å²) in [6, 6.07) is 0.211. The van der Waals surface area contributed by atoms with Gasteiger partial charge in [-0.15, -0.1) is 0 Å². The predicted molar refractivity (Wildman–Crippen MR) is 71.7 cm³/mol. The fourth-order valence-corrected chi connectivity index (χ4v) is 2.93. The van der Waals surface area contributed by atoms with Crippen LogP contribution in [0.25, 0.3) is 0 Å². The first-order valence-corrected chi connectivity index (χ1v) is 6.85. The Hall–Kier alpha value is -1.59.